The number of benzene rings is 2. The Morgan fingerprint density at radius 2 is 1.83 bits per heavy atom. The van der Waals surface area contributed by atoms with Crippen LogP contribution in [0.15, 0.2) is 82.9 Å². The lowest BCUT2D eigenvalue weighted by Crippen LogP contribution is -2.23. The Morgan fingerprint density at radius 1 is 1.07 bits per heavy atom. The number of nitrogens with one attached hydrogen (secondary N) is 1. The van der Waals surface area contributed by atoms with Crippen molar-refractivity contribution in [1.82, 2.24) is 14.5 Å². The molecule has 0 aliphatic heterocycles. The third kappa shape index (κ3) is 4.20. The van der Waals surface area contributed by atoms with Crippen LogP contribution in [0, 0.1) is 6.92 Å². The van der Waals surface area contributed by atoms with Crippen molar-refractivity contribution in [1.29, 1.82) is 0 Å². The minimum atomic E-state index is -0.209. The molecule has 1 N–H and O–H groups in total. The third-order valence-electron chi connectivity index (χ3n) is 4.26. The number of hydrogen-bond donors (Lipinski definition) is 1. The molecule has 0 aliphatic carbocycles. The van der Waals surface area contributed by atoms with Gasteiger partial charge in [-0.3, -0.25) is 9.59 Å². The summed E-state index contributed by atoms with van der Waals surface area (Å²) in [6.45, 7) is 1.94. The highest BCUT2D eigenvalue weighted by Gasteiger charge is 2.15. The van der Waals surface area contributed by atoms with E-state index in [9.17, 15) is 9.59 Å². The first-order chi connectivity index (χ1) is 14.1. The Kier molecular flexibility index (Phi) is 5.39. The van der Waals surface area contributed by atoms with E-state index in [1.165, 1.54) is 16.3 Å². The second-order valence-corrected chi connectivity index (χ2v) is 7.39. The summed E-state index contributed by atoms with van der Waals surface area (Å²) in [5.74, 6) is 0.428. The molecule has 29 heavy (non-hydrogen) atoms. The Bertz CT molecular complexity index is 1240. The summed E-state index contributed by atoms with van der Waals surface area (Å²) in [6.07, 6.45) is 1.66. The fourth-order valence-electron chi connectivity index (χ4n) is 2.90. The highest BCUT2D eigenvalue weighted by molar-refractivity contribution is 7.99. The molecular weight excluding hydrogens is 384 g/mol. The maximum atomic E-state index is 13.2. The Hall–Kier alpha value is -3.45. The first-order valence-electron chi connectivity index (χ1n) is 9.04. The number of anilines is 1. The first kappa shape index (κ1) is 18.9. The minimum absolute atomic E-state index is 0.117. The molecule has 0 fully saturated rings. The van der Waals surface area contributed by atoms with E-state index in [1.807, 2.05) is 55.5 Å². The van der Waals surface area contributed by atoms with Crippen molar-refractivity contribution < 1.29 is 4.79 Å². The monoisotopic (exact) mass is 402 g/mol. The molecule has 4 aromatic rings. The molecule has 0 radical (unpaired) electrons. The third-order valence-corrected chi connectivity index (χ3v) is 5.20. The van der Waals surface area contributed by atoms with E-state index in [0.29, 0.717) is 21.9 Å². The van der Waals surface area contributed by atoms with Crippen LogP contribution in [0.1, 0.15) is 5.56 Å². The van der Waals surface area contributed by atoms with E-state index in [-0.39, 0.29) is 17.2 Å². The molecule has 4 rings (SSSR count). The molecule has 6 nitrogen and oxygen atoms in total. The average Bonchev–Trinajstić information content (AvgIpc) is 2.73. The van der Waals surface area contributed by atoms with Gasteiger partial charge in [0.15, 0.2) is 5.16 Å². The molecule has 0 aliphatic rings. The number of nitrogens with zero attached hydrogens (tertiary/aromatic N) is 3. The van der Waals surface area contributed by atoms with Crippen LogP contribution in [0.2, 0.25) is 0 Å². The van der Waals surface area contributed by atoms with Gasteiger partial charge in [0, 0.05) is 11.9 Å². The Morgan fingerprint density at radius 3 is 2.62 bits per heavy atom. The fraction of sp³-hybridized carbons (Fsp3) is 0.0909. The van der Waals surface area contributed by atoms with E-state index in [4.69, 9.17) is 0 Å². The smallest absolute Gasteiger partial charge is 0.267 e. The van der Waals surface area contributed by atoms with Gasteiger partial charge >= 0.3 is 0 Å². The van der Waals surface area contributed by atoms with E-state index >= 15 is 0 Å². The molecule has 7 heteroatoms. The molecule has 0 bridgehead atoms. The number of carbonyl (C=O) groups is 1. The van der Waals surface area contributed by atoms with Crippen LogP contribution >= 0.6 is 11.8 Å². The Balaban J connectivity index is 1.70. The van der Waals surface area contributed by atoms with Crippen molar-refractivity contribution in [3.8, 4) is 5.82 Å². The largest absolute Gasteiger partial charge is 0.325 e. The van der Waals surface area contributed by atoms with Crippen LogP contribution in [-0.4, -0.2) is 26.2 Å². The normalized spacial score (nSPS) is 10.8. The first-order valence-corrected chi connectivity index (χ1v) is 10.0. The maximum Gasteiger partial charge on any atom is 0.267 e. The summed E-state index contributed by atoms with van der Waals surface area (Å²) < 4.78 is 1.47. The molecule has 2 aromatic carbocycles. The number of carbonyl (C=O) groups excluding carboxylic acids is 1. The van der Waals surface area contributed by atoms with Gasteiger partial charge in [-0.15, -0.1) is 0 Å². The average molecular weight is 402 g/mol. The molecule has 0 spiro atoms. The zero-order valence-corrected chi connectivity index (χ0v) is 16.5. The number of fused-ring (bicyclic) bond motifs is 1. The van der Waals surface area contributed by atoms with Gasteiger partial charge in [0.05, 0.1) is 16.7 Å². The fourth-order valence-corrected chi connectivity index (χ4v) is 3.70. The SMILES string of the molecule is Cc1ccnc(-n2c(SCC(=O)Nc3ccccc3)nc3ccccc3c2=O)c1. The van der Waals surface area contributed by atoms with Crippen molar-refractivity contribution >= 4 is 34.3 Å². The predicted octanol–water partition coefficient (Wildman–Crippen LogP) is 3.82. The van der Waals surface area contributed by atoms with Crippen molar-refractivity contribution in [2.45, 2.75) is 12.1 Å². The van der Waals surface area contributed by atoms with Gasteiger partial charge in [0.25, 0.3) is 5.56 Å². The molecule has 0 saturated heterocycles. The lowest BCUT2D eigenvalue weighted by atomic mass is 10.2. The molecule has 1 amide bonds. The summed E-state index contributed by atoms with van der Waals surface area (Å²) in [5, 5.41) is 3.78. The number of aryl methyl sites for hydroxylation is 1. The van der Waals surface area contributed by atoms with Crippen LogP contribution in [-0.2, 0) is 4.79 Å². The molecule has 2 aromatic heterocycles. The van der Waals surface area contributed by atoms with Crippen LogP contribution in [0.25, 0.3) is 16.7 Å². The van der Waals surface area contributed by atoms with Gasteiger partial charge in [-0.1, -0.05) is 42.1 Å². The van der Waals surface area contributed by atoms with Gasteiger partial charge in [0.2, 0.25) is 5.91 Å². The van der Waals surface area contributed by atoms with Gasteiger partial charge in [-0.2, -0.15) is 0 Å². The molecule has 2 heterocycles. The van der Waals surface area contributed by atoms with Crippen molar-refractivity contribution in [2.75, 3.05) is 11.1 Å². The summed E-state index contributed by atoms with van der Waals surface area (Å²) in [5.41, 5.74) is 2.09. The molecule has 0 saturated carbocycles. The number of hydrogen-bond acceptors (Lipinski definition) is 5. The predicted molar refractivity (Wildman–Crippen MR) is 116 cm³/mol. The molecule has 144 valence electrons. The van der Waals surface area contributed by atoms with Gasteiger partial charge in [0.1, 0.15) is 5.82 Å². The number of para-hydroxylation sites is 2. The van der Waals surface area contributed by atoms with Gasteiger partial charge < -0.3 is 5.32 Å². The molecule has 0 unspecified atom stereocenters. The summed E-state index contributed by atoms with van der Waals surface area (Å²) in [6, 6.07) is 20.1. The maximum absolute atomic E-state index is 13.2. The van der Waals surface area contributed by atoms with E-state index in [1.54, 1.807) is 24.4 Å². The van der Waals surface area contributed by atoms with Crippen molar-refractivity contribution in [3.63, 3.8) is 0 Å². The van der Waals surface area contributed by atoms with Crippen LogP contribution < -0.4 is 10.9 Å². The lowest BCUT2D eigenvalue weighted by molar-refractivity contribution is -0.113. The topological polar surface area (TPSA) is 76.9 Å². The molecular formula is C22H18N4O2S. The second kappa shape index (κ2) is 8.28. The summed E-state index contributed by atoms with van der Waals surface area (Å²) in [7, 11) is 0. The van der Waals surface area contributed by atoms with Crippen molar-refractivity contribution in [3.05, 3.63) is 88.8 Å². The van der Waals surface area contributed by atoms with Crippen molar-refractivity contribution in [2.24, 2.45) is 0 Å². The minimum Gasteiger partial charge on any atom is -0.325 e. The standard InChI is InChI=1S/C22H18N4O2S/c1-15-11-12-23-19(13-15)26-21(28)17-9-5-6-10-18(17)25-22(26)29-14-20(27)24-16-7-3-2-4-8-16/h2-13H,14H2,1H3,(H,24,27). The Labute approximate surface area is 171 Å². The number of pyridine rings is 1. The van der Waals surface area contributed by atoms with E-state index < -0.39 is 0 Å². The summed E-state index contributed by atoms with van der Waals surface area (Å²) in [4.78, 5) is 34.5. The lowest BCUT2D eigenvalue weighted by Gasteiger charge is -2.13. The van der Waals surface area contributed by atoms with Crippen LogP contribution in [0.5, 0.6) is 0 Å². The quantitative estimate of drug-likeness (QED) is 0.406. The highest BCUT2D eigenvalue weighted by atomic mass is 32.2. The zero-order valence-electron chi connectivity index (χ0n) is 15.7. The van der Waals surface area contributed by atoms with Gasteiger partial charge in [-0.25, -0.2) is 14.5 Å². The second-order valence-electron chi connectivity index (χ2n) is 6.45. The van der Waals surface area contributed by atoms with Crippen LogP contribution in [0.3, 0.4) is 0 Å². The summed E-state index contributed by atoms with van der Waals surface area (Å²) >= 11 is 1.20. The number of rotatable bonds is 5. The number of amides is 1. The highest BCUT2D eigenvalue weighted by Crippen LogP contribution is 2.21. The van der Waals surface area contributed by atoms with E-state index in [2.05, 4.69) is 15.3 Å². The van der Waals surface area contributed by atoms with Crippen LogP contribution in [0.4, 0.5) is 5.69 Å². The zero-order chi connectivity index (χ0) is 20.2. The number of aromatic nitrogens is 3. The molecule has 0 atom stereocenters. The van der Waals surface area contributed by atoms with Gasteiger partial charge in [-0.05, 0) is 48.9 Å². The number of thioether (sulfide) groups is 1. The van der Waals surface area contributed by atoms with E-state index in [0.717, 1.165) is 11.3 Å².